The molecule has 17 heavy (non-hydrogen) atoms. The molecule has 0 spiro atoms. The average molecular weight is 303 g/mol. The lowest BCUT2D eigenvalue weighted by molar-refractivity contribution is 0.0543. The summed E-state index contributed by atoms with van der Waals surface area (Å²) in [6.45, 7) is 6.73. The zero-order chi connectivity index (χ0) is 12.8. The van der Waals surface area contributed by atoms with E-state index in [2.05, 4.69) is 15.9 Å². The molecule has 1 rings (SSSR count). The Labute approximate surface area is 111 Å². The molecular weight excluding hydrogens is 284 g/mol. The molecule has 4 heteroatoms. The van der Waals surface area contributed by atoms with E-state index in [9.17, 15) is 5.11 Å². The maximum atomic E-state index is 9.64. The fourth-order valence-electron chi connectivity index (χ4n) is 1.41. The summed E-state index contributed by atoms with van der Waals surface area (Å²) < 4.78 is 11.9. The van der Waals surface area contributed by atoms with Crippen molar-refractivity contribution < 1.29 is 14.6 Å². The van der Waals surface area contributed by atoms with E-state index in [0.29, 0.717) is 19.0 Å². The third kappa shape index (κ3) is 5.06. The van der Waals surface area contributed by atoms with Crippen LogP contribution in [-0.2, 0) is 4.74 Å². The van der Waals surface area contributed by atoms with Crippen LogP contribution in [0.1, 0.15) is 32.4 Å². The summed E-state index contributed by atoms with van der Waals surface area (Å²) in [7, 11) is 0. The van der Waals surface area contributed by atoms with E-state index in [1.807, 2.05) is 32.0 Å². The number of benzene rings is 1. The highest BCUT2D eigenvalue weighted by Crippen LogP contribution is 2.28. The van der Waals surface area contributed by atoms with Crippen molar-refractivity contribution in [1.29, 1.82) is 0 Å². The van der Waals surface area contributed by atoms with Crippen molar-refractivity contribution in [3.63, 3.8) is 0 Å². The van der Waals surface area contributed by atoms with Gasteiger partial charge in [-0.15, -0.1) is 0 Å². The molecule has 0 fully saturated rings. The summed E-state index contributed by atoms with van der Waals surface area (Å²) in [4.78, 5) is 0. The predicted molar refractivity (Wildman–Crippen MR) is 71.4 cm³/mol. The van der Waals surface area contributed by atoms with Gasteiger partial charge >= 0.3 is 0 Å². The van der Waals surface area contributed by atoms with Crippen LogP contribution in [-0.4, -0.2) is 24.4 Å². The highest BCUT2D eigenvalue weighted by molar-refractivity contribution is 9.10. The van der Waals surface area contributed by atoms with Gasteiger partial charge in [-0.1, -0.05) is 15.9 Å². The van der Waals surface area contributed by atoms with Gasteiger partial charge in [-0.2, -0.15) is 0 Å². The van der Waals surface area contributed by atoms with Crippen molar-refractivity contribution in [3.8, 4) is 5.75 Å². The lowest BCUT2D eigenvalue weighted by atomic mass is 10.1. The van der Waals surface area contributed by atoms with E-state index in [4.69, 9.17) is 9.47 Å². The van der Waals surface area contributed by atoms with Crippen molar-refractivity contribution in [2.75, 3.05) is 13.2 Å². The second-order valence-corrected chi connectivity index (χ2v) is 5.04. The topological polar surface area (TPSA) is 38.7 Å². The van der Waals surface area contributed by atoms with Gasteiger partial charge in [0.25, 0.3) is 0 Å². The number of ether oxygens (including phenoxy) is 2. The smallest absolute Gasteiger partial charge is 0.125 e. The van der Waals surface area contributed by atoms with Gasteiger partial charge in [-0.25, -0.2) is 0 Å². The summed E-state index contributed by atoms with van der Waals surface area (Å²) in [5, 5.41) is 9.64. The third-order valence-corrected chi connectivity index (χ3v) is 2.71. The second-order valence-electron chi connectivity index (χ2n) is 4.13. The lowest BCUT2D eigenvalue weighted by Gasteiger charge is -2.14. The minimum atomic E-state index is -0.548. The van der Waals surface area contributed by atoms with Crippen LogP contribution in [0.2, 0.25) is 0 Å². The summed E-state index contributed by atoms with van der Waals surface area (Å²) in [6.07, 6.45) is -0.340. The molecule has 1 aromatic rings. The molecule has 0 aliphatic heterocycles. The van der Waals surface area contributed by atoms with Crippen LogP contribution in [0.5, 0.6) is 5.75 Å². The molecule has 0 unspecified atom stereocenters. The first-order valence-corrected chi connectivity index (χ1v) is 6.52. The van der Waals surface area contributed by atoms with Crippen molar-refractivity contribution >= 4 is 15.9 Å². The summed E-state index contributed by atoms with van der Waals surface area (Å²) in [5.41, 5.74) is 0.781. The van der Waals surface area contributed by atoms with E-state index in [1.54, 1.807) is 6.92 Å². The first kappa shape index (κ1) is 14.5. The predicted octanol–water partition coefficient (Wildman–Crippen LogP) is 3.31. The Balaban J connectivity index is 2.58. The quantitative estimate of drug-likeness (QED) is 0.820. The molecule has 1 atom stereocenters. The van der Waals surface area contributed by atoms with E-state index >= 15 is 0 Å². The summed E-state index contributed by atoms with van der Waals surface area (Å²) in [6, 6.07) is 5.61. The van der Waals surface area contributed by atoms with Crippen LogP contribution in [0.4, 0.5) is 0 Å². The second kappa shape index (κ2) is 6.99. The Hall–Kier alpha value is -0.580. The molecule has 0 bridgehead atoms. The van der Waals surface area contributed by atoms with Crippen LogP contribution in [0.15, 0.2) is 22.7 Å². The zero-order valence-electron chi connectivity index (χ0n) is 10.4. The number of aliphatic hydroxyl groups excluding tert-OH is 1. The molecule has 0 aliphatic rings. The molecular formula is C13H19BrO3. The largest absolute Gasteiger partial charge is 0.491 e. The molecule has 3 nitrogen and oxygen atoms in total. The number of hydrogen-bond donors (Lipinski definition) is 1. The Morgan fingerprint density at radius 2 is 1.94 bits per heavy atom. The molecule has 0 aliphatic carbocycles. The van der Waals surface area contributed by atoms with Crippen LogP contribution in [0.3, 0.4) is 0 Å². The van der Waals surface area contributed by atoms with Gasteiger partial charge in [0.1, 0.15) is 12.4 Å². The van der Waals surface area contributed by atoms with Crippen molar-refractivity contribution in [2.24, 2.45) is 0 Å². The van der Waals surface area contributed by atoms with Gasteiger partial charge in [0.15, 0.2) is 0 Å². The minimum Gasteiger partial charge on any atom is -0.491 e. The molecule has 0 saturated heterocycles. The maximum Gasteiger partial charge on any atom is 0.125 e. The lowest BCUT2D eigenvalue weighted by Crippen LogP contribution is -2.12. The average Bonchev–Trinajstić information content (AvgIpc) is 2.25. The molecule has 1 N–H and O–H groups in total. The van der Waals surface area contributed by atoms with Gasteiger partial charge < -0.3 is 14.6 Å². The van der Waals surface area contributed by atoms with Crippen LogP contribution < -0.4 is 4.74 Å². The molecule has 0 radical (unpaired) electrons. The Morgan fingerprint density at radius 3 is 2.53 bits per heavy atom. The fourth-order valence-corrected chi connectivity index (χ4v) is 1.79. The van der Waals surface area contributed by atoms with E-state index in [1.165, 1.54) is 0 Å². The van der Waals surface area contributed by atoms with E-state index in [-0.39, 0.29) is 6.10 Å². The van der Waals surface area contributed by atoms with E-state index in [0.717, 1.165) is 10.0 Å². The highest BCUT2D eigenvalue weighted by atomic mass is 79.9. The summed E-state index contributed by atoms with van der Waals surface area (Å²) in [5.74, 6) is 0.704. The van der Waals surface area contributed by atoms with Crippen LogP contribution >= 0.6 is 15.9 Å². The van der Waals surface area contributed by atoms with Gasteiger partial charge in [0.05, 0.1) is 18.8 Å². The Morgan fingerprint density at radius 1 is 1.24 bits per heavy atom. The first-order valence-electron chi connectivity index (χ1n) is 5.72. The fraction of sp³-hybridized carbons (Fsp3) is 0.538. The third-order valence-electron chi connectivity index (χ3n) is 2.21. The van der Waals surface area contributed by atoms with Gasteiger partial charge in [0, 0.05) is 10.0 Å². The van der Waals surface area contributed by atoms with Gasteiger partial charge in [0.2, 0.25) is 0 Å². The van der Waals surface area contributed by atoms with E-state index < -0.39 is 6.10 Å². The van der Waals surface area contributed by atoms with Crippen LogP contribution in [0, 0.1) is 0 Å². The Bertz CT molecular complexity index is 351. The molecule has 96 valence electrons. The van der Waals surface area contributed by atoms with Crippen molar-refractivity contribution in [1.82, 2.24) is 0 Å². The normalized spacial score (nSPS) is 12.8. The first-order chi connectivity index (χ1) is 8.00. The van der Waals surface area contributed by atoms with Gasteiger partial charge in [-0.05, 0) is 39.0 Å². The summed E-state index contributed by atoms with van der Waals surface area (Å²) >= 11 is 3.37. The molecule has 0 heterocycles. The number of halogens is 1. The van der Waals surface area contributed by atoms with Crippen LogP contribution in [0.25, 0.3) is 0 Å². The number of aliphatic hydroxyl groups is 1. The zero-order valence-corrected chi connectivity index (χ0v) is 12.0. The Kier molecular flexibility index (Phi) is 5.95. The minimum absolute atomic E-state index is 0.208. The monoisotopic (exact) mass is 302 g/mol. The number of hydrogen-bond acceptors (Lipinski definition) is 3. The van der Waals surface area contributed by atoms with Crippen molar-refractivity contribution in [2.45, 2.75) is 33.0 Å². The molecule has 1 aromatic carbocycles. The highest BCUT2D eigenvalue weighted by Gasteiger charge is 2.09. The molecule has 0 amide bonds. The maximum absolute atomic E-state index is 9.64. The SMILES string of the molecule is CC(C)OCCOc1ccc(Br)cc1[C@@H](C)O. The standard InChI is InChI=1S/C13H19BrO3/c1-9(2)16-6-7-17-13-5-4-11(14)8-12(13)10(3)15/h4-5,8-10,15H,6-7H2,1-3H3/t10-/m1/s1. The van der Waals surface area contributed by atoms with Gasteiger partial charge in [-0.3, -0.25) is 0 Å². The van der Waals surface area contributed by atoms with Crippen molar-refractivity contribution in [3.05, 3.63) is 28.2 Å². The molecule has 0 aromatic heterocycles. The molecule has 0 saturated carbocycles. The number of rotatable bonds is 6.